The fourth-order valence-corrected chi connectivity index (χ4v) is 4.41. The maximum Gasteiger partial charge on any atom is 0.240 e. The molecule has 0 bridgehead atoms. The fraction of sp³-hybridized carbons (Fsp3) is 0.381. The highest BCUT2D eigenvalue weighted by Crippen LogP contribution is 2.30. The average Bonchev–Trinajstić information content (AvgIpc) is 2.72. The monoisotopic (exact) mass is 466 g/mol. The zero-order valence-electron chi connectivity index (χ0n) is 16.8. The Bertz CT molecular complexity index is 967. The van der Waals surface area contributed by atoms with E-state index in [0.29, 0.717) is 17.9 Å². The van der Waals surface area contributed by atoms with Gasteiger partial charge in [-0.25, -0.2) is 13.1 Å². The molecule has 2 aromatic rings. The Kier molecular flexibility index (Phi) is 8.97. The van der Waals surface area contributed by atoms with Gasteiger partial charge in [0.05, 0.1) is 16.8 Å². The van der Waals surface area contributed by atoms with Gasteiger partial charge in [-0.3, -0.25) is 4.98 Å². The highest BCUT2D eigenvalue weighted by molar-refractivity contribution is 7.89. The third-order valence-electron chi connectivity index (χ3n) is 5.02. The van der Waals surface area contributed by atoms with E-state index in [1.807, 2.05) is 6.07 Å². The van der Waals surface area contributed by atoms with Crippen molar-refractivity contribution in [1.82, 2.24) is 9.71 Å². The Morgan fingerprint density at radius 2 is 1.65 bits per heavy atom. The molecule has 2 rings (SSSR count). The Labute approximate surface area is 186 Å². The van der Waals surface area contributed by atoms with Crippen LogP contribution in [0.3, 0.4) is 0 Å². The molecule has 0 fully saturated rings. The van der Waals surface area contributed by atoms with Gasteiger partial charge in [-0.05, 0) is 68.0 Å². The predicted molar refractivity (Wildman–Crippen MR) is 110 cm³/mol. The lowest BCUT2D eigenvalue weighted by Crippen LogP contribution is -2.54. The van der Waals surface area contributed by atoms with E-state index in [2.05, 4.69) is 9.71 Å². The third kappa shape index (κ3) is 7.02. The number of carboxylic acids is 2. The number of hydrogen-bond donors (Lipinski definition) is 1. The normalized spacial score (nSPS) is 11.9. The van der Waals surface area contributed by atoms with E-state index in [1.54, 1.807) is 18.5 Å². The van der Waals surface area contributed by atoms with Crippen molar-refractivity contribution in [3.05, 3.63) is 59.4 Å². The van der Waals surface area contributed by atoms with Gasteiger partial charge < -0.3 is 19.8 Å². The Balaban J connectivity index is 1.89. The number of pyridine rings is 1. The quantitative estimate of drug-likeness (QED) is 0.338. The predicted octanol–water partition coefficient (Wildman–Crippen LogP) is 0.693. The van der Waals surface area contributed by atoms with Gasteiger partial charge in [0.15, 0.2) is 0 Å². The van der Waals surface area contributed by atoms with Crippen LogP contribution in [0, 0.1) is 5.41 Å². The summed E-state index contributed by atoms with van der Waals surface area (Å²) in [5, 5.41) is 23.8. The summed E-state index contributed by atoms with van der Waals surface area (Å²) in [6, 6.07) is 9.20. The van der Waals surface area contributed by atoms with Crippen LogP contribution < -0.4 is 14.9 Å². The number of sulfonamides is 1. The number of unbranched alkanes of at least 4 members (excludes halogenated alkanes) is 1. The zero-order chi connectivity index (χ0) is 22.9. The first-order valence-electron chi connectivity index (χ1n) is 9.74. The largest absolute Gasteiger partial charge is 0.549 e. The Morgan fingerprint density at radius 3 is 2.23 bits per heavy atom. The topological polar surface area (TPSA) is 139 Å². The van der Waals surface area contributed by atoms with E-state index >= 15 is 0 Å². The van der Waals surface area contributed by atoms with Gasteiger partial charge in [-0.2, -0.15) is 0 Å². The standard InChI is InChI=1S/C21H25ClN2O6S/c22-17-7-9-18(10-8-17)31(29,30)24-14-2-1-11-21(19(25)26,20(27)28)12-3-5-16-6-4-13-23-15-16/h4,6-10,13,15,24H,1-3,5,11-12,14H2,(H,25,26)(H,27,28)/p-2. The summed E-state index contributed by atoms with van der Waals surface area (Å²) in [7, 11) is -3.74. The second kappa shape index (κ2) is 11.2. The molecular weight excluding hydrogens is 444 g/mol. The van der Waals surface area contributed by atoms with Crippen LogP contribution in [0.25, 0.3) is 0 Å². The molecule has 1 heterocycles. The van der Waals surface area contributed by atoms with Crippen molar-refractivity contribution in [1.29, 1.82) is 0 Å². The zero-order valence-corrected chi connectivity index (χ0v) is 18.3. The number of aromatic nitrogens is 1. The number of halogens is 1. The molecule has 0 amide bonds. The van der Waals surface area contributed by atoms with E-state index in [-0.39, 0.29) is 37.1 Å². The maximum absolute atomic E-state index is 12.2. The maximum atomic E-state index is 12.2. The number of aliphatic carboxylic acids is 2. The molecule has 168 valence electrons. The SMILES string of the molecule is O=C([O-])C(CCCCNS(=O)(=O)c1ccc(Cl)cc1)(CCCc1cccnc1)C(=O)[O-]. The summed E-state index contributed by atoms with van der Waals surface area (Å²) in [5.74, 6) is -3.39. The van der Waals surface area contributed by atoms with Crippen LogP contribution in [0.1, 0.15) is 37.7 Å². The molecular formula is C21H23ClN2O6S-2. The first kappa shape index (κ1) is 24.8. The molecule has 0 aliphatic rings. The second-order valence-corrected chi connectivity index (χ2v) is 9.38. The number of nitrogens with one attached hydrogen (secondary N) is 1. The number of rotatable bonds is 13. The average molecular weight is 467 g/mol. The molecule has 0 aliphatic carbocycles. The molecule has 1 N–H and O–H groups in total. The summed E-state index contributed by atoms with van der Waals surface area (Å²) in [5.41, 5.74) is -1.26. The molecule has 0 unspecified atom stereocenters. The van der Waals surface area contributed by atoms with Gasteiger partial charge in [-0.15, -0.1) is 0 Å². The molecule has 8 nitrogen and oxygen atoms in total. The number of aryl methyl sites for hydroxylation is 1. The molecule has 1 aromatic carbocycles. The van der Waals surface area contributed by atoms with Crippen LogP contribution >= 0.6 is 11.6 Å². The van der Waals surface area contributed by atoms with Crippen molar-refractivity contribution in [2.45, 2.75) is 43.4 Å². The van der Waals surface area contributed by atoms with E-state index in [4.69, 9.17) is 11.6 Å². The van der Waals surface area contributed by atoms with Crippen LogP contribution in [-0.2, 0) is 26.0 Å². The minimum atomic E-state index is -3.74. The van der Waals surface area contributed by atoms with E-state index in [0.717, 1.165) is 5.56 Å². The Morgan fingerprint density at radius 1 is 1.00 bits per heavy atom. The van der Waals surface area contributed by atoms with Crippen molar-refractivity contribution in [3.63, 3.8) is 0 Å². The molecule has 0 aliphatic heterocycles. The van der Waals surface area contributed by atoms with Gasteiger partial charge in [0.2, 0.25) is 10.0 Å². The minimum Gasteiger partial charge on any atom is -0.549 e. The van der Waals surface area contributed by atoms with E-state index < -0.39 is 27.4 Å². The lowest BCUT2D eigenvalue weighted by atomic mass is 9.78. The van der Waals surface area contributed by atoms with Crippen molar-refractivity contribution in [3.8, 4) is 0 Å². The van der Waals surface area contributed by atoms with Gasteiger partial charge in [0.25, 0.3) is 0 Å². The van der Waals surface area contributed by atoms with Crippen LogP contribution in [0.15, 0.2) is 53.7 Å². The third-order valence-corrected chi connectivity index (χ3v) is 6.75. The van der Waals surface area contributed by atoms with Crippen molar-refractivity contribution < 1.29 is 28.2 Å². The molecule has 10 heteroatoms. The molecule has 0 spiro atoms. The molecule has 0 saturated heterocycles. The van der Waals surface area contributed by atoms with Gasteiger partial charge in [0.1, 0.15) is 0 Å². The lowest BCUT2D eigenvalue weighted by Gasteiger charge is -2.36. The number of benzene rings is 1. The van der Waals surface area contributed by atoms with Gasteiger partial charge in [0, 0.05) is 29.4 Å². The van der Waals surface area contributed by atoms with Gasteiger partial charge >= 0.3 is 0 Å². The first-order chi connectivity index (χ1) is 14.7. The fourth-order valence-electron chi connectivity index (χ4n) is 3.21. The highest BCUT2D eigenvalue weighted by atomic mass is 35.5. The van der Waals surface area contributed by atoms with E-state index in [1.165, 1.54) is 24.3 Å². The van der Waals surface area contributed by atoms with Gasteiger partial charge in [-0.1, -0.05) is 24.1 Å². The van der Waals surface area contributed by atoms with E-state index in [9.17, 15) is 28.2 Å². The summed E-state index contributed by atoms with van der Waals surface area (Å²) < 4.78 is 26.9. The summed E-state index contributed by atoms with van der Waals surface area (Å²) in [6.07, 6.45) is 4.06. The molecule has 0 saturated carbocycles. The van der Waals surface area contributed by atoms with Crippen molar-refractivity contribution in [2.24, 2.45) is 5.41 Å². The minimum absolute atomic E-state index is 0.0246. The number of hydrogen-bond acceptors (Lipinski definition) is 7. The second-order valence-electron chi connectivity index (χ2n) is 7.18. The lowest BCUT2D eigenvalue weighted by molar-refractivity contribution is -0.344. The smallest absolute Gasteiger partial charge is 0.240 e. The summed E-state index contributed by atoms with van der Waals surface area (Å²) in [6.45, 7) is 0.0246. The van der Waals surface area contributed by atoms with Crippen LogP contribution in [-0.4, -0.2) is 31.9 Å². The van der Waals surface area contributed by atoms with Crippen molar-refractivity contribution >= 4 is 33.6 Å². The van der Waals surface area contributed by atoms with Crippen LogP contribution in [0.5, 0.6) is 0 Å². The number of nitrogens with zero attached hydrogens (tertiary/aromatic N) is 1. The molecule has 0 atom stereocenters. The molecule has 0 radical (unpaired) electrons. The number of carboxylic acid groups (broad SMARTS) is 2. The van der Waals surface area contributed by atoms with Crippen molar-refractivity contribution in [2.75, 3.05) is 6.54 Å². The highest BCUT2D eigenvalue weighted by Gasteiger charge is 2.32. The molecule has 1 aromatic heterocycles. The first-order valence-corrected chi connectivity index (χ1v) is 11.6. The van der Waals surface area contributed by atoms with Crippen LogP contribution in [0.2, 0.25) is 5.02 Å². The summed E-state index contributed by atoms with van der Waals surface area (Å²) >= 11 is 5.75. The molecule has 31 heavy (non-hydrogen) atoms. The number of carbonyl (C=O) groups excluding carboxylic acids is 2. The Hall–Kier alpha value is -2.49. The van der Waals surface area contributed by atoms with Crippen LogP contribution in [0.4, 0.5) is 0 Å². The number of carbonyl (C=O) groups is 2. The summed E-state index contributed by atoms with van der Waals surface area (Å²) in [4.78, 5) is 27.4.